The molecule has 108 valence electrons. The summed E-state index contributed by atoms with van der Waals surface area (Å²) >= 11 is 9.50. The van der Waals surface area contributed by atoms with Gasteiger partial charge in [-0.25, -0.2) is 0 Å². The van der Waals surface area contributed by atoms with Crippen molar-refractivity contribution in [1.82, 2.24) is 0 Å². The summed E-state index contributed by atoms with van der Waals surface area (Å²) in [6.45, 7) is 2.13. The molecular weight excluding hydrogens is 346 g/mol. The van der Waals surface area contributed by atoms with Crippen molar-refractivity contribution in [1.29, 1.82) is 5.26 Å². The third-order valence-corrected chi connectivity index (χ3v) is 4.70. The molecule has 0 heterocycles. The van der Waals surface area contributed by atoms with Gasteiger partial charge in [-0.2, -0.15) is 5.26 Å². The molecule has 2 unspecified atom stereocenters. The fourth-order valence-corrected chi connectivity index (χ4v) is 3.58. The van der Waals surface area contributed by atoms with Crippen molar-refractivity contribution in [3.63, 3.8) is 0 Å². The lowest BCUT2D eigenvalue weighted by atomic mass is 9.66. The predicted molar refractivity (Wildman–Crippen MR) is 91.9 cm³/mol. The van der Waals surface area contributed by atoms with E-state index in [-0.39, 0.29) is 5.92 Å². The van der Waals surface area contributed by atoms with Crippen LogP contribution >= 0.6 is 27.5 Å². The summed E-state index contributed by atoms with van der Waals surface area (Å²) in [7, 11) is 0. The van der Waals surface area contributed by atoms with Crippen LogP contribution in [0.4, 0.5) is 0 Å². The van der Waals surface area contributed by atoms with Crippen molar-refractivity contribution >= 4 is 27.5 Å². The molecule has 21 heavy (non-hydrogen) atoms. The van der Waals surface area contributed by atoms with Crippen molar-refractivity contribution in [3.8, 4) is 6.07 Å². The molecule has 0 amide bonds. The fraction of sp³-hybridized carbons (Fsp3) is 0.278. The number of alkyl halides is 1. The molecule has 2 atom stereocenters. The van der Waals surface area contributed by atoms with Gasteiger partial charge in [0.25, 0.3) is 0 Å². The molecule has 0 aliphatic carbocycles. The zero-order chi connectivity index (χ0) is 15.3. The lowest BCUT2D eigenvalue weighted by Gasteiger charge is -2.34. The number of halogens is 2. The maximum atomic E-state index is 10.1. The van der Waals surface area contributed by atoms with E-state index in [1.54, 1.807) is 0 Å². The lowest BCUT2D eigenvalue weighted by Crippen LogP contribution is -2.34. The number of hydrogen-bond acceptors (Lipinski definition) is 1. The van der Waals surface area contributed by atoms with E-state index >= 15 is 0 Å². The van der Waals surface area contributed by atoms with E-state index in [1.807, 2.05) is 54.6 Å². The minimum Gasteiger partial charge on any atom is -0.197 e. The first-order chi connectivity index (χ1) is 10.1. The van der Waals surface area contributed by atoms with Gasteiger partial charge in [0, 0.05) is 10.4 Å². The Hall–Kier alpha value is -1.30. The number of nitriles is 1. The zero-order valence-corrected chi connectivity index (χ0v) is 14.2. The van der Waals surface area contributed by atoms with E-state index in [2.05, 4.69) is 28.9 Å². The molecule has 2 rings (SSSR count). The Kier molecular flexibility index (Phi) is 5.45. The topological polar surface area (TPSA) is 23.8 Å². The number of nitrogens with zero attached hydrogens (tertiary/aromatic N) is 1. The van der Waals surface area contributed by atoms with Crippen molar-refractivity contribution in [2.24, 2.45) is 5.92 Å². The Morgan fingerprint density at radius 3 is 2.19 bits per heavy atom. The highest BCUT2D eigenvalue weighted by Gasteiger charge is 2.39. The summed E-state index contributed by atoms with van der Waals surface area (Å²) in [4.78, 5) is 0. The second-order valence-electron chi connectivity index (χ2n) is 5.17. The van der Waals surface area contributed by atoms with Crippen molar-refractivity contribution < 1.29 is 0 Å². The second kappa shape index (κ2) is 7.11. The summed E-state index contributed by atoms with van der Waals surface area (Å²) in [5, 5.41) is 11.6. The fourth-order valence-electron chi connectivity index (χ4n) is 2.77. The highest BCUT2D eigenvalue weighted by Crippen LogP contribution is 2.41. The summed E-state index contributed by atoms with van der Waals surface area (Å²) in [6, 6.07) is 20.2. The normalized spacial score (nSPS) is 15.0. The first-order valence-electron chi connectivity index (χ1n) is 6.94. The summed E-state index contributed by atoms with van der Waals surface area (Å²) < 4.78 is 0. The van der Waals surface area contributed by atoms with Crippen LogP contribution in [-0.2, 0) is 5.41 Å². The summed E-state index contributed by atoms with van der Waals surface area (Å²) in [5.41, 5.74) is 1.37. The number of rotatable bonds is 5. The quantitative estimate of drug-likeness (QED) is 0.638. The van der Waals surface area contributed by atoms with Gasteiger partial charge < -0.3 is 0 Å². The molecule has 0 aromatic heterocycles. The Bertz CT molecular complexity index is 618. The van der Waals surface area contributed by atoms with E-state index in [4.69, 9.17) is 11.6 Å². The molecular formula is C18H17BrClN. The Balaban J connectivity index is 2.63. The molecule has 0 bridgehead atoms. The van der Waals surface area contributed by atoms with Gasteiger partial charge in [0.15, 0.2) is 0 Å². The zero-order valence-electron chi connectivity index (χ0n) is 11.9. The maximum Gasteiger partial charge on any atom is 0.110 e. The first kappa shape index (κ1) is 16.1. The lowest BCUT2D eigenvalue weighted by molar-refractivity contribution is 0.417. The van der Waals surface area contributed by atoms with Crippen LogP contribution in [0, 0.1) is 17.2 Å². The molecule has 0 saturated carbocycles. The minimum atomic E-state index is -0.653. The number of hydrogen-bond donors (Lipinski definition) is 0. The van der Waals surface area contributed by atoms with Crippen LogP contribution in [0.25, 0.3) is 0 Å². The maximum absolute atomic E-state index is 10.1. The van der Waals surface area contributed by atoms with E-state index in [9.17, 15) is 5.26 Å². The molecule has 2 aromatic rings. The van der Waals surface area contributed by atoms with Gasteiger partial charge in [-0.05, 0) is 35.6 Å². The largest absolute Gasteiger partial charge is 0.197 e. The van der Waals surface area contributed by atoms with Crippen molar-refractivity contribution in [3.05, 3.63) is 70.7 Å². The highest BCUT2D eigenvalue weighted by molar-refractivity contribution is 9.09. The molecule has 2 aromatic carbocycles. The highest BCUT2D eigenvalue weighted by atomic mass is 79.9. The van der Waals surface area contributed by atoms with Gasteiger partial charge in [0.2, 0.25) is 0 Å². The van der Waals surface area contributed by atoms with Gasteiger partial charge in [-0.15, -0.1) is 0 Å². The van der Waals surface area contributed by atoms with Crippen LogP contribution in [0.2, 0.25) is 5.02 Å². The molecule has 3 heteroatoms. The first-order valence-corrected chi connectivity index (χ1v) is 8.44. The average molecular weight is 363 g/mol. The molecule has 0 radical (unpaired) electrons. The van der Waals surface area contributed by atoms with E-state index in [0.717, 1.165) is 22.9 Å². The van der Waals surface area contributed by atoms with Gasteiger partial charge in [-0.1, -0.05) is 76.9 Å². The third-order valence-electron chi connectivity index (χ3n) is 3.99. The van der Waals surface area contributed by atoms with Crippen molar-refractivity contribution in [2.75, 3.05) is 5.33 Å². The standard InChI is InChI=1S/C18H17BrClN/c1-14(11-12-19)18(13-21,15-5-3-2-4-6-15)16-7-9-17(20)10-8-16/h2-10,14H,11-12H2,1H3. The Morgan fingerprint density at radius 1 is 1.10 bits per heavy atom. The summed E-state index contributed by atoms with van der Waals surface area (Å²) in [6.07, 6.45) is 0.922. The van der Waals surface area contributed by atoms with Gasteiger partial charge in [0.1, 0.15) is 5.41 Å². The minimum absolute atomic E-state index is 0.186. The van der Waals surface area contributed by atoms with E-state index in [1.165, 1.54) is 0 Å². The Morgan fingerprint density at radius 2 is 1.67 bits per heavy atom. The summed E-state index contributed by atoms with van der Waals surface area (Å²) in [5.74, 6) is 0.186. The molecule has 0 spiro atoms. The molecule has 0 saturated heterocycles. The number of benzene rings is 2. The van der Waals surface area contributed by atoms with Crippen LogP contribution < -0.4 is 0 Å². The predicted octanol–water partition coefficient (Wildman–Crippen LogP) is 5.57. The van der Waals surface area contributed by atoms with Crippen LogP contribution in [0.5, 0.6) is 0 Å². The molecule has 0 fully saturated rings. The SMILES string of the molecule is CC(CCBr)C(C#N)(c1ccccc1)c1ccc(Cl)cc1. The second-order valence-corrected chi connectivity index (χ2v) is 6.40. The van der Waals surface area contributed by atoms with E-state index in [0.29, 0.717) is 5.02 Å². The molecule has 1 nitrogen and oxygen atoms in total. The van der Waals surface area contributed by atoms with Gasteiger partial charge >= 0.3 is 0 Å². The van der Waals surface area contributed by atoms with Gasteiger partial charge in [-0.3, -0.25) is 0 Å². The average Bonchev–Trinajstić information content (AvgIpc) is 2.52. The van der Waals surface area contributed by atoms with Gasteiger partial charge in [0.05, 0.1) is 6.07 Å². The Labute approximate surface area is 139 Å². The molecule has 0 aliphatic heterocycles. The van der Waals surface area contributed by atoms with Crippen LogP contribution in [0.15, 0.2) is 54.6 Å². The van der Waals surface area contributed by atoms with E-state index < -0.39 is 5.41 Å². The smallest absolute Gasteiger partial charge is 0.110 e. The molecule has 0 N–H and O–H groups in total. The van der Waals surface area contributed by atoms with Crippen LogP contribution in [-0.4, -0.2) is 5.33 Å². The molecule has 0 aliphatic rings. The monoisotopic (exact) mass is 361 g/mol. The third kappa shape index (κ3) is 3.15. The van der Waals surface area contributed by atoms with Crippen molar-refractivity contribution in [2.45, 2.75) is 18.8 Å². The van der Waals surface area contributed by atoms with Crippen LogP contribution in [0.1, 0.15) is 24.5 Å². The van der Waals surface area contributed by atoms with Crippen LogP contribution in [0.3, 0.4) is 0 Å².